The molecule has 2 heterocycles. The second-order valence-corrected chi connectivity index (χ2v) is 10.3. The number of hydrogen-bond donors (Lipinski definition) is 3. The fourth-order valence-corrected chi connectivity index (χ4v) is 5.13. The fraction of sp³-hybridized carbons (Fsp3) is 0.500. The molecule has 0 radical (unpaired) electrons. The van der Waals surface area contributed by atoms with Gasteiger partial charge in [-0.1, -0.05) is 0 Å². The van der Waals surface area contributed by atoms with Crippen molar-refractivity contribution in [3.05, 3.63) is 35.5 Å². The van der Waals surface area contributed by atoms with Crippen LogP contribution in [-0.4, -0.2) is 66.3 Å². The molecule has 3 aromatic rings. The van der Waals surface area contributed by atoms with Crippen LogP contribution in [0.15, 0.2) is 18.5 Å². The van der Waals surface area contributed by atoms with Gasteiger partial charge in [0.25, 0.3) is 5.91 Å². The van der Waals surface area contributed by atoms with Gasteiger partial charge in [-0.2, -0.15) is 0 Å². The lowest BCUT2D eigenvalue weighted by molar-refractivity contribution is -0.125. The molecule has 0 unspecified atom stereocenters. The van der Waals surface area contributed by atoms with Crippen molar-refractivity contribution >= 4 is 22.8 Å². The number of hydrogen-bond acceptors (Lipinski definition) is 7. The molecule has 0 aliphatic heterocycles. The lowest BCUT2D eigenvalue weighted by Gasteiger charge is -2.29. The third kappa shape index (κ3) is 5.98. The summed E-state index contributed by atoms with van der Waals surface area (Å²) in [6.07, 6.45) is 6.64. The molecule has 208 valence electrons. The maximum absolute atomic E-state index is 14.8. The van der Waals surface area contributed by atoms with Crippen molar-refractivity contribution in [2.75, 3.05) is 27.4 Å². The van der Waals surface area contributed by atoms with Crippen LogP contribution in [0.3, 0.4) is 0 Å². The van der Waals surface area contributed by atoms with Crippen LogP contribution >= 0.6 is 0 Å². The Bertz CT molecular complexity index is 1360. The summed E-state index contributed by atoms with van der Waals surface area (Å²) in [5.74, 6) is 0.153. The van der Waals surface area contributed by atoms with Crippen LogP contribution in [0.4, 0.5) is 4.39 Å². The Morgan fingerprint density at radius 2 is 1.74 bits per heavy atom. The van der Waals surface area contributed by atoms with Gasteiger partial charge in [0.05, 0.1) is 24.8 Å². The highest BCUT2D eigenvalue weighted by molar-refractivity contribution is 6.09. The van der Waals surface area contributed by atoms with E-state index in [2.05, 4.69) is 25.6 Å². The Morgan fingerprint density at radius 1 is 1.03 bits per heavy atom. The molecule has 5 rings (SSSR count). The lowest BCUT2D eigenvalue weighted by atomic mass is 9.91. The van der Waals surface area contributed by atoms with Gasteiger partial charge in [-0.3, -0.25) is 9.59 Å². The summed E-state index contributed by atoms with van der Waals surface area (Å²) in [5.41, 5.74) is 2.97. The van der Waals surface area contributed by atoms with Gasteiger partial charge in [0, 0.05) is 36.5 Å². The zero-order valence-electron chi connectivity index (χ0n) is 22.4. The van der Waals surface area contributed by atoms with Gasteiger partial charge in [-0.25, -0.2) is 14.4 Å². The minimum Gasteiger partial charge on any atom is -0.494 e. The summed E-state index contributed by atoms with van der Waals surface area (Å²) in [4.78, 5) is 37.3. The molecular weight excluding hydrogens is 505 g/mol. The van der Waals surface area contributed by atoms with E-state index in [0.717, 1.165) is 38.5 Å². The number of methoxy groups -OCH3 is 2. The van der Waals surface area contributed by atoms with E-state index in [9.17, 15) is 14.0 Å². The summed E-state index contributed by atoms with van der Waals surface area (Å²) >= 11 is 0. The molecular formula is C28H34FN5O5. The number of amides is 2. The van der Waals surface area contributed by atoms with Gasteiger partial charge in [-0.15, -0.1) is 0 Å². The minimum absolute atomic E-state index is 0.0168. The summed E-state index contributed by atoms with van der Waals surface area (Å²) in [6, 6.07) is 2.95. The quantitative estimate of drug-likeness (QED) is 0.359. The Hall–Kier alpha value is -3.73. The Labute approximate surface area is 226 Å². The summed E-state index contributed by atoms with van der Waals surface area (Å²) < 4.78 is 30.9. The topological polar surface area (TPSA) is 127 Å². The molecule has 2 amide bonds. The smallest absolute Gasteiger partial charge is 0.255 e. The van der Waals surface area contributed by atoms with Crippen LogP contribution in [0.25, 0.3) is 22.3 Å². The highest BCUT2D eigenvalue weighted by atomic mass is 19.1. The van der Waals surface area contributed by atoms with Crippen LogP contribution in [-0.2, 0) is 9.53 Å². The Kier molecular flexibility index (Phi) is 7.97. The number of carbonyl (C=O) groups is 2. The van der Waals surface area contributed by atoms with Crippen molar-refractivity contribution in [3.8, 4) is 22.8 Å². The maximum Gasteiger partial charge on any atom is 0.255 e. The molecule has 10 nitrogen and oxygen atoms in total. The van der Waals surface area contributed by atoms with E-state index >= 15 is 0 Å². The van der Waals surface area contributed by atoms with Crippen LogP contribution in [0.2, 0.25) is 0 Å². The maximum atomic E-state index is 14.8. The molecule has 2 aliphatic rings. The molecule has 0 spiro atoms. The van der Waals surface area contributed by atoms with E-state index in [1.54, 1.807) is 6.07 Å². The van der Waals surface area contributed by atoms with Crippen molar-refractivity contribution in [2.24, 2.45) is 5.92 Å². The third-order valence-electron chi connectivity index (χ3n) is 7.38. The molecule has 0 saturated heterocycles. The zero-order chi connectivity index (χ0) is 27.5. The van der Waals surface area contributed by atoms with Crippen molar-refractivity contribution in [3.63, 3.8) is 0 Å². The first-order valence-corrected chi connectivity index (χ1v) is 13.3. The number of aromatic amines is 1. The van der Waals surface area contributed by atoms with Crippen LogP contribution < -0.4 is 20.1 Å². The number of H-pyrrole nitrogens is 1. The molecule has 0 atom stereocenters. The van der Waals surface area contributed by atoms with Gasteiger partial charge in [0.15, 0.2) is 11.6 Å². The first-order chi connectivity index (χ1) is 18.9. The van der Waals surface area contributed by atoms with E-state index < -0.39 is 5.82 Å². The molecule has 2 aliphatic carbocycles. The number of aryl methyl sites for hydroxylation is 1. The molecule has 2 aromatic heterocycles. The van der Waals surface area contributed by atoms with Gasteiger partial charge in [0.1, 0.15) is 29.9 Å². The normalized spacial score (nSPS) is 19.1. The van der Waals surface area contributed by atoms with E-state index in [0.29, 0.717) is 51.8 Å². The third-order valence-corrected chi connectivity index (χ3v) is 7.38. The monoisotopic (exact) mass is 539 g/mol. The highest BCUT2D eigenvalue weighted by Gasteiger charge is 2.28. The standard InChI is InChI=1S/C28H34FN5O5/c1-15-24(28(36)34-18-8-6-17(7-9-18)33-23(35)13-37-2)26-27(32-15)25(30-14-31-26)19-10-20(29)22(38-3)11-21(19)39-12-16-4-5-16/h10-11,14,16-18,32H,4-9,12-13H2,1-3H3,(H,33,35)(H,34,36). The lowest BCUT2D eigenvalue weighted by Crippen LogP contribution is -2.44. The number of ether oxygens (including phenoxy) is 3. The zero-order valence-corrected chi connectivity index (χ0v) is 22.4. The largest absolute Gasteiger partial charge is 0.494 e. The molecule has 3 N–H and O–H groups in total. The molecule has 1 aromatic carbocycles. The van der Waals surface area contributed by atoms with Crippen molar-refractivity contribution in [1.82, 2.24) is 25.6 Å². The molecule has 11 heteroatoms. The second-order valence-electron chi connectivity index (χ2n) is 10.3. The fourth-order valence-electron chi connectivity index (χ4n) is 5.13. The Balaban J connectivity index is 1.37. The predicted octanol–water partition coefficient (Wildman–Crippen LogP) is 3.67. The number of benzene rings is 1. The second kappa shape index (κ2) is 11.6. The van der Waals surface area contributed by atoms with Gasteiger partial charge < -0.3 is 29.8 Å². The average molecular weight is 540 g/mol. The summed E-state index contributed by atoms with van der Waals surface area (Å²) in [5, 5.41) is 6.10. The Morgan fingerprint density at radius 3 is 2.41 bits per heavy atom. The molecule has 39 heavy (non-hydrogen) atoms. The van der Waals surface area contributed by atoms with Crippen LogP contribution in [0.1, 0.15) is 54.6 Å². The molecule has 0 bridgehead atoms. The number of carbonyl (C=O) groups excluding carboxylic acids is 2. The van der Waals surface area contributed by atoms with Crippen LogP contribution in [0.5, 0.6) is 11.5 Å². The SMILES string of the molecule is COCC(=O)NC1CCC(NC(=O)c2c(C)[nH]c3c(-c4cc(F)c(OC)cc4OCC4CC4)ncnc23)CC1. The van der Waals surface area contributed by atoms with E-state index in [1.165, 1.54) is 26.6 Å². The van der Waals surface area contributed by atoms with Crippen molar-refractivity contribution in [2.45, 2.75) is 57.5 Å². The van der Waals surface area contributed by atoms with Gasteiger partial charge in [0.2, 0.25) is 5.91 Å². The number of halogens is 1. The minimum atomic E-state index is -0.534. The molecule has 2 fully saturated rings. The number of aromatic nitrogens is 3. The number of rotatable bonds is 10. The highest BCUT2D eigenvalue weighted by Crippen LogP contribution is 2.39. The van der Waals surface area contributed by atoms with Crippen molar-refractivity contribution < 1.29 is 28.2 Å². The van der Waals surface area contributed by atoms with Gasteiger partial charge in [-0.05, 0) is 57.4 Å². The van der Waals surface area contributed by atoms with E-state index in [4.69, 9.17) is 14.2 Å². The number of nitrogens with zero attached hydrogens (tertiary/aromatic N) is 2. The van der Waals surface area contributed by atoms with E-state index in [-0.39, 0.29) is 36.3 Å². The van der Waals surface area contributed by atoms with Crippen LogP contribution in [0, 0.1) is 18.7 Å². The number of nitrogens with one attached hydrogen (secondary N) is 3. The average Bonchev–Trinajstić information content (AvgIpc) is 3.68. The summed E-state index contributed by atoms with van der Waals surface area (Å²) in [6.45, 7) is 2.38. The summed E-state index contributed by atoms with van der Waals surface area (Å²) in [7, 11) is 2.90. The number of fused-ring (bicyclic) bond motifs is 1. The first kappa shape index (κ1) is 26.9. The molecule has 2 saturated carbocycles. The van der Waals surface area contributed by atoms with Crippen molar-refractivity contribution in [1.29, 1.82) is 0 Å². The predicted molar refractivity (Wildman–Crippen MR) is 142 cm³/mol. The van der Waals surface area contributed by atoms with E-state index in [1.807, 2.05) is 6.92 Å². The first-order valence-electron chi connectivity index (χ1n) is 13.3. The van der Waals surface area contributed by atoms with Gasteiger partial charge >= 0.3 is 0 Å².